The number of benzene rings is 1. The minimum absolute atomic E-state index is 0. The van der Waals surface area contributed by atoms with Crippen LogP contribution in [-0.4, -0.2) is 48.0 Å². The normalized spacial score (nSPS) is 12.4. The SMILES string of the molecule is CCCNC(=NCc1ccc([N+](=O)[O-])cc1)NC(C)CCCN(CC)CC.I. The van der Waals surface area contributed by atoms with E-state index < -0.39 is 0 Å². The zero-order valence-corrected chi connectivity index (χ0v) is 19.9. The van der Waals surface area contributed by atoms with Crippen LogP contribution in [-0.2, 0) is 6.54 Å². The monoisotopic (exact) mass is 505 g/mol. The minimum atomic E-state index is -0.386. The second-order valence-electron chi connectivity index (χ2n) is 6.73. The van der Waals surface area contributed by atoms with E-state index in [1.54, 1.807) is 12.1 Å². The Morgan fingerprint density at radius 2 is 1.86 bits per heavy atom. The van der Waals surface area contributed by atoms with Crippen molar-refractivity contribution in [1.82, 2.24) is 15.5 Å². The van der Waals surface area contributed by atoms with Gasteiger partial charge in [0.25, 0.3) is 5.69 Å². The summed E-state index contributed by atoms with van der Waals surface area (Å²) in [5.41, 5.74) is 1.05. The van der Waals surface area contributed by atoms with Crippen LogP contribution in [0, 0.1) is 10.1 Å². The molecular weight excluding hydrogens is 469 g/mol. The molecular formula is C20H36IN5O2. The number of hydrogen-bond donors (Lipinski definition) is 2. The molecule has 7 nitrogen and oxygen atoms in total. The van der Waals surface area contributed by atoms with Crippen LogP contribution in [0.3, 0.4) is 0 Å². The van der Waals surface area contributed by atoms with Gasteiger partial charge in [0.1, 0.15) is 0 Å². The average molecular weight is 505 g/mol. The van der Waals surface area contributed by atoms with Crippen molar-refractivity contribution in [3.05, 3.63) is 39.9 Å². The Bertz CT molecular complexity index is 576. The van der Waals surface area contributed by atoms with Crippen molar-refractivity contribution in [3.8, 4) is 0 Å². The number of nitrogens with one attached hydrogen (secondary N) is 2. The summed E-state index contributed by atoms with van der Waals surface area (Å²) in [5, 5.41) is 17.6. The van der Waals surface area contributed by atoms with Crippen LogP contribution >= 0.6 is 24.0 Å². The third kappa shape index (κ3) is 10.8. The van der Waals surface area contributed by atoms with E-state index in [-0.39, 0.29) is 34.6 Å². The third-order valence-corrected chi connectivity index (χ3v) is 4.50. The van der Waals surface area contributed by atoms with Gasteiger partial charge in [-0.15, -0.1) is 24.0 Å². The predicted molar refractivity (Wildman–Crippen MR) is 128 cm³/mol. The topological polar surface area (TPSA) is 82.8 Å². The first kappa shape index (κ1) is 26.6. The fourth-order valence-electron chi connectivity index (χ4n) is 2.76. The van der Waals surface area contributed by atoms with Gasteiger partial charge in [-0.05, 0) is 51.4 Å². The molecule has 0 aliphatic heterocycles. The van der Waals surface area contributed by atoms with Crippen molar-refractivity contribution in [1.29, 1.82) is 0 Å². The fourth-order valence-corrected chi connectivity index (χ4v) is 2.76. The molecule has 0 fully saturated rings. The number of hydrogen-bond acceptors (Lipinski definition) is 4. The van der Waals surface area contributed by atoms with Gasteiger partial charge in [0.2, 0.25) is 0 Å². The Labute approximate surface area is 186 Å². The molecule has 0 spiro atoms. The molecule has 28 heavy (non-hydrogen) atoms. The number of aliphatic imine (C=N–C) groups is 1. The van der Waals surface area contributed by atoms with Crippen molar-refractivity contribution in [2.24, 2.45) is 4.99 Å². The van der Waals surface area contributed by atoms with E-state index in [1.165, 1.54) is 12.1 Å². The van der Waals surface area contributed by atoms with Gasteiger partial charge in [0, 0.05) is 24.7 Å². The van der Waals surface area contributed by atoms with Gasteiger partial charge in [0.05, 0.1) is 11.5 Å². The quantitative estimate of drug-likeness (QED) is 0.147. The van der Waals surface area contributed by atoms with E-state index in [1.807, 2.05) is 0 Å². The molecule has 1 atom stereocenters. The lowest BCUT2D eigenvalue weighted by molar-refractivity contribution is -0.384. The minimum Gasteiger partial charge on any atom is -0.356 e. The average Bonchev–Trinajstić information content (AvgIpc) is 2.67. The van der Waals surface area contributed by atoms with Crippen LogP contribution in [0.25, 0.3) is 0 Å². The molecule has 0 bridgehead atoms. The molecule has 1 aromatic rings. The second-order valence-corrected chi connectivity index (χ2v) is 6.73. The number of nitrogens with zero attached hydrogens (tertiary/aromatic N) is 3. The lowest BCUT2D eigenvalue weighted by Crippen LogP contribution is -2.42. The van der Waals surface area contributed by atoms with E-state index in [4.69, 9.17) is 0 Å². The molecule has 0 heterocycles. The van der Waals surface area contributed by atoms with E-state index in [2.05, 4.69) is 48.2 Å². The van der Waals surface area contributed by atoms with Gasteiger partial charge in [0.15, 0.2) is 5.96 Å². The highest BCUT2D eigenvalue weighted by Crippen LogP contribution is 2.12. The molecule has 8 heteroatoms. The van der Waals surface area contributed by atoms with Gasteiger partial charge in [-0.3, -0.25) is 10.1 Å². The predicted octanol–water partition coefficient (Wildman–Crippen LogP) is 4.17. The molecule has 0 aliphatic carbocycles. The van der Waals surface area contributed by atoms with E-state index >= 15 is 0 Å². The number of non-ortho nitro benzene ring substituents is 1. The molecule has 160 valence electrons. The van der Waals surface area contributed by atoms with Crippen molar-refractivity contribution < 1.29 is 4.92 Å². The van der Waals surface area contributed by atoms with E-state index in [0.717, 1.165) is 57.0 Å². The van der Waals surface area contributed by atoms with Crippen molar-refractivity contribution in [2.75, 3.05) is 26.2 Å². The van der Waals surface area contributed by atoms with Crippen LogP contribution in [0.2, 0.25) is 0 Å². The van der Waals surface area contributed by atoms with Gasteiger partial charge in [-0.25, -0.2) is 4.99 Å². The zero-order chi connectivity index (χ0) is 20.1. The lowest BCUT2D eigenvalue weighted by atomic mass is 10.2. The Morgan fingerprint density at radius 3 is 2.39 bits per heavy atom. The molecule has 0 radical (unpaired) electrons. The summed E-state index contributed by atoms with van der Waals surface area (Å²) >= 11 is 0. The first-order chi connectivity index (χ1) is 13.0. The highest BCUT2D eigenvalue weighted by molar-refractivity contribution is 14.0. The Morgan fingerprint density at radius 1 is 1.21 bits per heavy atom. The lowest BCUT2D eigenvalue weighted by Gasteiger charge is -2.21. The van der Waals surface area contributed by atoms with Crippen LogP contribution < -0.4 is 10.6 Å². The molecule has 1 rings (SSSR count). The molecule has 1 unspecified atom stereocenters. The first-order valence-corrected chi connectivity index (χ1v) is 10.0. The second kappa shape index (κ2) is 15.5. The van der Waals surface area contributed by atoms with Crippen molar-refractivity contribution in [3.63, 3.8) is 0 Å². The molecule has 0 saturated heterocycles. The highest BCUT2D eigenvalue weighted by Gasteiger charge is 2.08. The maximum atomic E-state index is 10.7. The molecule has 0 aliphatic rings. The van der Waals surface area contributed by atoms with Crippen LogP contribution in [0.5, 0.6) is 0 Å². The summed E-state index contributed by atoms with van der Waals surface area (Å²) in [4.78, 5) is 17.4. The Balaban J connectivity index is 0.00000729. The zero-order valence-electron chi connectivity index (χ0n) is 17.6. The number of nitro benzene ring substituents is 1. The summed E-state index contributed by atoms with van der Waals surface area (Å²) < 4.78 is 0. The highest BCUT2D eigenvalue weighted by atomic mass is 127. The summed E-state index contributed by atoms with van der Waals surface area (Å²) in [5.74, 6) is 0.797. The molecule has 2 N–H and O–H groups in total. The number of guanidine groups is 1. The maximum absolute atomic E-state index is 10.7. The number of halogens is 1. The summed E-state index contributed by atoms with van der Waals surface area (Å²) in [6.07, 6.45) is 3.26. The van der Waals surface area contributed by atoms with Gasteiger partial charge < -0.3 is 15.5 Å². The summed E-state index contributed by atoms with van der Waals surface area (Å²) in [7, 11) is 0. The first-order valence-electron chi connectivity index (χ1n) is 10.0. The van der Waals surface area contributed by atoms with Gasteiger partial charge in [-0.1, -0.05) is 32.9 Å². The van der Waals surface area contributed by atoms with E-state index in [9.17, 15) is 10.1 Å². The maximum Gasteiger partial charge on any atom is 0.269 e. The van der Waals surface area contributed by atoms with Crippen molar-refractivity contribution >= 4 is 35.6 Å². The third-order valence-electron chi connectivity index (χ3n) is 4.50. The van der Waals surface area contributed by atoms with Crippen molar-refractivity contribution in [2.45, 2.75) is 59.5 Å². The molecule has 0 saturated carbocycles. The van der Waals surface area contributed by atoms with Gasteiger partial charge in [-0.2, -0.15) is 0 Å². The van der Waals surface area contributed by atoms with Crippen LogP contribution in [0.15, 0.2) is 29.3 Å². The van der Waals surface area contributed by atoms with Crippen LogP contribution in [0.1, 0.15) is 52.5 Å². The van der Waals surface area contributed by atoms with Crippen LogP contribution in [0.4, 0.5) is 5.69 Å². The number of rotatable bonds is 12. The Hall–Kier alpha value is -1.42. The molecule has 1 aromatic carbocycles. The standard InChI is InChI=1S/C20H35N5O2.HI/c1-5-14-21-20(23-17(4)9-8-15-24(6-2)7-3)22-16-18-10-12-19(13-11-18)25(26)27;/h10-13,17H,5-9,14-16H2,1-4H3,(H2,21,22,23);1H. The molecule has 0 aromatic heterocycles. The Kier molecular flexibility index (Phi) is 14.7. The molecule has 0 amide bonds. The van der Waals surface area contributed by atoms with E-state index in [0.29, 0.717) is 12.6 Å². The fraction of sp³-hybridized carbons (Fsp3) is 0.650. The number of nitro groups is 1. The summed E-state index contributed by atoms with van der Waals surface area (Å²) in [6.45, 7) is 13.4. The van der Waals surface area contributed by atoms with Gasteiger partial charge >= 0.3 is 0 Å². The largest absolute Gasteiger partial charge is 0.356 e. The smallest absolute Gasteiger partial charge is 0.269 e. The summed E-state index contributed by atoms with van der Waals surface area (Å²) in [6, 6.07) is 6.89.